The first kappa shape index (κ1) is 12.2. The lowest BCUT2D eigenvalue weighted by molar-refractivity contribution is 0.487. The van der Waals surface area contributed by atoms with Crippen LogP contribution >= 0.6 is 23.2 Å². The Balaban J connectivity index is 2.18. The predicted octanol–water partition coefficient (Wildman–Crippen LogP) is 4.44. The Labute approximate surface area is 107 Å². The summed E-state index contributed by atoms with van der Waals surface area (Å²) in [4.78, 5) is 0. The van der Waals surface area contributed by atoms with Crippen LogP contribution in [0.3, 0.4) is 0 Å². The van der Waals surface area contributed by atoms with Gasteiger partial charge in [0.05, 0.1) is 10.0 Å². The maximum absolute atomic E-state index is 6.26. The van der Waals surface area contributed by atoms with Gasteiger partial charge >= 0.3 is 0 Å². The fourth-order valence-electron chi connectivity index (χ4n) is 2.04. The maximum atomic E-state index is 6.26. The lowest BCUT2D eigenvalue weighted by Gasteiger charge is -2.19. The van der Waals surface area contributed by atoms with Gasteiger partial charge in [0, 0.05) is 6.04 Å². The van der Waals surface area contributed by atoms with Crippen molar-refractivity contribution in [2.75, 3.05) is 6.54 Å². The van der Waals surface area contributed by atoms with Crippen molar-refractivity contribution in [3.05, 3.63) is 33.8 Å². The number of nitrogens with one attached hydrogen (secondary N) is 1. The largest absolute Gasteiger partial charge is 0.310 e. The van der Waals surface area contributed by atoms with Crippen LogP contribution in [-0.4, -0.2) is 6.54 Å². The van der Waals surface area contributed by atoms with E-state index in [1.54, 1.807) is 0 Å². The quantitative estimate of drug-likeness (QED) is 0.823. The summed E-state index contributed by atoms with van der Waals surface area (Å²) in [6, 6.07) is 6.24. The molecule has 0 aliphatic heterocycles. The summed E-state index contributed by atoms with van der Waals surface area (Å²) in [6.07, 6.45) is 3.90. The Morgan fingerprint density at radius 2 is 2.12 bits per heavy atom. The van der Waals surface area contributed by atoms with Gasteiger partial charge < -0.3 is 5.32 Å². The van der Waals surface area contributed by atoms with E-state index in [0.29, 0.717) is 16.1 Å². The van der Waals surface area contributed by atoms with Crippen LogP contribution in [0.2, 0.25) is 10.0 Å². The summed E-state index contributed by atoms with van der Waals surface area (Å²) < 4.78 is 0. The Hall–Kier alpha value is -0.240. The summed E-state index contributed by atoms with van der Waals surface area (Å²) in [5, 5.41) is 4.85. The van der Waals surface area contributed by atoms with Gasteiger partial charge in [-0.25, -0.2) is 0 Å². The molecule has 1 aliphatic carbocycles. The highest BCUT2D eigenvalue weighted by Crippen LogP contribution is 2.40. The van der Waals surface area contributed by atoms with E-state index in [-0.39, 0.29) is 0 Å². The number of rotatable bonds is 5. The van der Waals surface area contributed by atoms with E-state index in [4.69, 9.17) is 23.2 Å². The van der Waals surface area contributed by atoms with Crippen LogP contribution in [0.4, 0.5) is 0 Å². The van der Waals surface area contributed by atoms with Gasteiger partial charge in [-0.3, -0.25) is 0 Å². The second kappa shape index (κ2) is 5.39. The minimum absolute atomic E-state index is 0.351. The average molecular weight is 258 g/mol. The van der Waals surface area contributed by atoms with Gasteiger partial charge in [0.15, 0.2) is 0 Å². The molecule has 1 aromatic carbocycles. The van der Waals surface area contributed by atoms with E-state index in [2.05, 4.69) is 18.3 Å². The molecule has 0 saturated heterocycles. The summed E-state index contributed by atoms with van der Waals surface area (Å²) in [5.74, 6) is 0.874. The second-order valence-corrected chi connectivity index (χ2v) is 5.22. The minimum Gasteiger partial charge on any atom is -0.310 e. The molecule has 88 valence electrons. The third kappa shape index (κ3) is 2.91. The van der Waals surface area contributed by atoms with Crippen molar-refractivity contribution in [2.45, 2.75) is 32.2 Å². The number of benzene rings is 1. The van der Waals surface area contributed by atoms with E-state index >= 15 is 0 Å². The first-order chi connectivity index (χ1) is 7.72. The van der Waals surface area contributed by atoms with Crippen molar-refractivity contribution >= 4 is 23.2 Å². The van der Waals surface area contributed by atoms with Crippen LogP contribution < -0.4 is 5.32 Å². The molecule has 1 atom stereocenters. The first-order valence-electron chi connectivity index (χ1n) is 5.89. The fourth-order valence-corrected chi connectivity index (χ4v) is 2.48. The third-order valence-electron chi connectivity index (χ3n) is 3.07. The molecule has 0 radical (unpaired) electrons. The van der Waals surface area contributed by atoms with Gasteiger partial charge in [-0.1, -0.05) is 55.1 Å². The van der Waals surface area contributed by atoms with Gasteiger partial charge in [-0.05, 0) is 30.5 Å². The maximum Gasteiger partial charge on any atom is 0.0640 e. The molecule has 0 bridgehead atoms. The zero-order valence-electron chi connectivity index (χ0n) is 9.47. The Kier molecular flexibility index (Phi) is 4.12. The van der Waals surface area contributed by atoms with Crippen molar-refractivity contribution in [1.82, 2.24) is 5.32 Å². The van der Waals surface area contributed by atoms with Crippen LogP contribution in [-0.2, 0) is 0 Å². The van der Waals surface area contributed by atoms with Crippen molar-refractivity contribution in [2.24, 2.45) is 5.92 Å². The molecule has 3 heteroatoms. The molecular weight excluding hydrogens is 241 g/mol. The number of hydrogen-bond acceptors (Lipinski definition) is 1. The monoisotopic (exact) mass is 257 g/mol. The van der Waals surface area contributed by atoms with Crippen molar-refractivity contribution in [1.29, 1.82) is 0 Å². The van der Waals surface area contributed by atoms with Crippen LogP contribution in [0.1, 0.15) is 37.8 Å². The predicted molar refractivity (Wildman–Crippen MR) is 70.2 cm³/mol. The normalized spacial score (nSPS) is 17.4. The van der Waals surface area contributed by atoms with E-state index < -0.39 is 0 Å². The smallest absolute Gasteiger partial charge is 0.0640 e. The molecule has 1 nitrogen and oxygen atoms in total. The molecule has 0 amide bonds. The Bertz CT molecular complexity index is 361. The highest BCUT2D eigenvalue weighted by atomic mass is 35.5. The molecule has 0 spiro atoms. The molecule has 1 fully saturated rings. The molecule has 1 aliphatic rings. The van der Waals surface area contributed by atoms with Crippen LogP contribution in [0, 0.1) is 5.92 Å². The second-order valence-electron chi connectivity index (χ2n) is 4.43. The number of halogens is 2. The summed E-state index contributed by atoms with van der Waals surface area (Å²) in [5.41, 5.74) is 1.14. The van der Waals surface area contributed by atoms with E-state index in [1.165, 1.54) is 19.3 Å². The zero-order chi connectivity index (χ0) is 11.5. The van der Waals surface area contributed by atoms with Gasteiger partial charge in [0.1, 0.15) is 0 Å². The topological polar surface area (TPSA) is 12.0 Å². The first-order valence-corrected chi connectivity index (χ1v) is 6.65. The minimum atomic E-state index is 0.351. The van der Waals surface area contributed by atoms with Crippen LogP contribution in [0.5, 0.6) is 0 Å². The lowest BCUT2D eigenvalue weighted by atomic mass is 10.0. The third-order valence-corrected chi connectivity index (χ3v) is 3.91. The molecule has 16 heavy (non-hydrogen) atoms. The van der Waals surface area contributed by atoms with Gasteiger partial charge in [0.2, 0.25) is 0 Å². The summed E-state index contributed by atoms with van der Waals surface area (Å²) in [6.45, 7) is 3.08. The SMILES string of the molecule is CCNC(CC1CC1)c1cccc(Cl)c1Cl. The van der Waals surface area contributed by atoms with Crippen molar-refractivity contribution in [3.63, 3.8) is 0 Å². The molecule has 0 heterocycles. The highest BCUT2D eigenvalue weighted by molar-refractivity contribution is 6.42. The molecule has 1 saturated carbocycles. The lowest BCUT2D eigenvalue weighted by Crippen LogP contribution is -2.21. The van der Waals surface area contributed by atoms with Crippen molar-refractivity contribution in [3.8, 4) is 0 Å². The molecular formula is C13H17Cl2N. The van der Waals surface area contributed by atoms with Gasteiger partial charge in [-0.2, -0.15) is 0 Å². The summed E-state index contributed by atoms with van der Waals surface area (Å²) in [7, 11) is 0. The van der Waals surface area contributed by atoms with E-state index in [1.807, 2.05) is 12.1 Å². The molecule has 1 unspecified atom stereocenters. The van der Waals surface area contributed by atoms with Crippen LogP contribution in [0.15, 0.2) is 18.2 Å². The molecule has 2 rings (SSSR count). The zero-order valence-corrected chi connectivity index (χ0v) is 11.0. The fraction of sp³-hybridized carbons (Fsp3) is 0.538. The average Bonchev–Trinajstić information content (AvgIpc) is 3.06. The Morgan fingerprint density at radius 1 is 1.38 bits per heavy atom. The standard InChI is InChI=1S/C13H17Cl2N/c1-2-16-12(8-9-6-7-9)10-4-3-5-11(14)13(10)15/h3-5,9,12,16H,2,6-8H2,1H3. The van der Waals surface area contributed by atoms with Crippen molar-refractivity contribution < 1.29 is 0 Å². The van der Waals surface area contributed by atoms with Crippen LogP contribution in [0.25, 0.3) is 0 Å². The number of hydrogen-bond donors (Lipinski definition) is 1. The van der Waals surface area contributed by atoms with Gasteiger partial charge in [0.25, 0.3) is 0 Å². The van der Waals surface area contributed by atoms with E-state index in [9.17, 15) is 0 Å². The highest BCUT2D eigenvalue weighted by Gasteiger charge is 2.27. The Morgan fingerprint density at radius 3 is 2.75 bits per heavy atom. The van der Waals surface area contributed by atoms with E-state index in [0.717, 1.165) is 18.0 Å². The molecule has 1 aromatic rings. The summed E-state index contributed by atoms with van der Waals surface area (Å²) >= 11 is 12.3. The van der Waals surface area contributed by atoms with Gasteiger partial charge in [-0.15, -0.1) is 0 Å². The molecule has 1 N–H and O–H groups in total. The molecule has 0 aromatic heterocycles.